The molecule has 1 saturated carbocycles. The molecule has 0 radical (unpaired) electrons. The maximum atomic E-state index is 13.5. The maximum Gasteiger partial charge on any atom is 0.419 e. The summed E-state index contributed by atoms with van der Waals surface area (Å²) in [5, 5.41) is 12.2. The van der Waals surface area contributed by atoms with Crippen LogP contribution in [0.25, 0.3) is 22.1 Å². The Kier molecular flexibility index (Phi) is 11.8. The van der Waals surface area contributed by atoms with Gasteiger partial charge in [-0.05, 0) is 71.8 Å². The third-order valence-corrected chi connectivity index (χ3v) is 11.3. The summed E-state index contributed by atoms with van der Waals surface area (Å²) in [5.41, 5.74) is 5.53. The van der Waals surface area contributed by atoms with E-state index in [0.717, 1.165) is 36.3 Å². The van der Waals surface area contributed by atoms with Gasteiger partial charge in [0.15, 0.2) is 0 Å². The number of imidazole rings is 2. The number of aromatic nitrogens is 10. The van der Waals surface area contributed by atoms with E-state index in [2.05, 4.69) is 32.1 Å². The van der Waals surface area contributed by atoms with Crippen molar-refractivity contribution in [2.24, 2.45) is 40.0 Å². The summed E-state index contributed by atoms with van der Waals surface area (Å²) in [6, 6.07) is 0. The molecule has 61 heavy (non-hydrogen) atoms. The van der Waals surface area contributed by atoms with Crippen LogP contribution in [0, 0.1) is 25.7 Å². The Morgan fingerprint density at radius 2 is 1.39 bits per heavy atom. The molecule has 8 rings (SSSR count). The first-order valence-electron chi connectivity index (χ1n) is 20.7. The first kappa shape index (κ1) is 42.7. The van der Waals surface area contributed by atoms with Crippen LogP contribution in [0.1, 0.15) is 64.3 Å². The number of fused-ring (bicyclic) bond motifs is 2. The second kappa shape index (κ2) is 16.9. The summed E-state index contributed by atoms with van der Waals surface area (Å²) in [7, 11) is 7.29. The summed E-state index contributed by atoms with van der Waals surface area (Å²) in [5.74, 6) is 0.618. The van der Waals surface area contributed by atoms with E-state index in [9.17, 15) is 19.2 Å². The Balaban J connectivity index is 0.000000185. The van der Waals surface area contributed by atoms with Crippen LogP contribution in [0.15, 0.2) is 59.7 Å². The van der Waals surface area contributed by atoms with E-state index in [1.807, 2.05) is 61.1 Å². The molecule has 1 N–H and O–H groups in total. The molecule has 18 nitrogen and oxygen atoms in total. The minimum Gasteiger partial charge on any atom is -0.443 e. The van der Waals surface area contributed by atoms with Gasteiger partial charge >= 0.3 is 6.09 Å². The largest absolute Gasteiger partial charge is 0.443 e. The molecular weight excluding hydrogens is 779 g/mol. The minimum absolute atomic E-state index is 0.0589. The molecule has 2 amide bonds. The minimum atomic E-state index is -0.688. The summed E-state index contributed by atoms with van der Waals surface area (Å²) in [6.45, 7) is 15.3. The van der Waals surface area contributed by atoms with Crippen molar-refractivity contribution >= 4 is 56.8 Å². The molecule has 1 aliphatic carbocycles. The van der Waals surface area contributed by atoms with Gasteiger partial charge in [-0.3, -0.25) is 23.7 Å². The number of anilines is 4. The number of pyridine rings is 2. The maximum absolute atomic E-state index is 13.5. The molecule has 0 spiro atoms. The predicted molar refractivity (Wildman–Crippen MR) is 234 cm³/mol. The fourth-order valence-electron chi connectivity index (χ4n) is 8.46. The number of amides is 2. The highest BCUT2D eigenvalue weighted by molar-refractivity contribution is 6.04. The number of nitrogens with one attached hydrogen (secondary N) is 1. The van der Waals surface area contributed by atoms with Gasteiger partial charge in [-0.1, -0.05) is 19.4 Å². The van der Waals surface area contributed by atoms with Crippen LogP contribution in [-0.2, 0) is 50.8 Å². The normalized spacial score (nSPS) is 15.7. The van der Waals surface area contributed by atoms with Crippen LogP contribution < -0.4 is 21.3 Å². The fraction of sp³-hybridized carbons (Fsp3) is 0.488. The molecule has 1 aliphatic heterocycles. The Morgan fingerprint density at radius 1 is 0.803 bits per heavy atom. The molecule has 0 aromatic carbocycles. The molecular formula is C43H57N13O5. The number of ether oxygens (including phenoxy) is 1. The van der Waals surface area contributed by atoms with Crippen molar-refractivity contribution in [1.29, 1.82) is 0 Å². The lowest BCUT2D eigenvalue weighted by molar-refractivity contribution is -0.125. The lowest BCUT2D eigenvalue weighted by Gasteiger charge is -2.27. The molecule has 1 saturated heterocycles. The Hall–Kier alpha value is -6.46. The second-order valence-corrected chi connectivity index (χ2v) is 17.4. The van der Waals surface area contributed by atoms with Crippen LogP contribution in [-0.4, -0.2) is 83.4 Å². The molecule has 0 bridgehead atoms. The number of carbonyl (C=O) groups excluding carboxylic acids is 2. The Labute approximate surface area is 354 Å². The van der Waals surface area contributed by atoms with E-state index in [1.54, 1.807) is 71.7 Å². The summed E-state index contributed by atoms with van der Waals surface area (Å²) in [6.07, 6.45) is 16.8. The molecule has 6 aromatic rings. The molecule has 6 aromatic heterocycles. The first-order chi connectivity index (χ1) is 28.9. The van der Waals surface area contributed by atoms with Gasteiger partial charge in [0.05, 0.1) is 46.8 Å². The van der Waals surface area contributed by atoms with Crippen LogP contribution in [0.4, 0.5) is 27.5 Å². The zero-order chi connectivity index (χ0) is 43.9. The number of carbonyl (C=O) groups is 2. The average Bonchev–Trinajstić information content (AvgIpc) is 4.06. The zero-order valence-electron chi connectivity index (χ0n) is 36.7. The van der Waals surface area contributed by atoms with E-state index in [4.69, 9.17) is 4.74 Å². The lowest BCUT2D eigenvalue weighted by atomic mass is 10.1. The Morgan fingerprint density at radius 3 is 1.98 bits per heavy atom. The number of rotatable bonds is 9. The number of likely N-dealkylation sites (tertiary alicyclic amines) is 1. The molecule has 18 heteroatoms. The van der Waals surface area contributed by atoms with Crippen molar-refractivity contribution in [1.82, 2.24) is 52.7 Å². The summed E-state index contributed by atoms with van der Waals surface area (Å²) in [4.78, 5) is 63.9. The first-order valence-corrected chi connectivity index (χ1v) is 20.7. The van der Waals surface area contributed by atoms with Crippen molar-refractivity contribution in [3.05, 3.63) is 82.2 Å². The highest BCUT2D eigenvalue weighted by Crippen LogP contribution is 2.35. The van der Waals surface area contributed by atoms with Crippen LogP contribution >= 0.6 is 0 Å². The van der Waals surface area contributed by atoms with Crippen molar-refractivity contribution in [3.8, 4) is 0 Å². The van der Waals surface area contributed by atoms with Gasteiger partial charge in [0.1, 0.15) is 27.7 Å². The van der Waals surface area contributed by atoms with Gasteiger partial charge in [-0.2, -0.15) is 10.2 Å². The van der Waals surface area contributed by atoms with E-state index in [0.29, 0.717) is 71.2 Å². The van der Waals surface area contributed by atoms with E-state index >= 15 is 0 Å². The average molecular weight is 836 g/mol. The number of aryl methyl sites for hydroxylation is 6. The molecule has 1 atom stereocenters. The van der Waals surface area contributed by atoms with Crippen molar-refractivity contribution in [3.63, 3.8) is 0 Å². The van der Waals surface area contributed by atoms with Gasteiger partial charge in [-0.25, -0.2) is 19.7 Å². The molecule has 324 valence electrons. The highest BCUT2D eigenvalue weighted by Gasteiger charge is 2.32. The van der Waals surface area contributed by atoms with Gasteiger partial charge in [0.25, 0.3) is 11.1 Å². The number of hydrogen-bond donors (Lipinski definition) is 1. The standard InChI is InChI=1S/C23H32N6O3.C20H25N7O2/c1-15-17(12-27(6)25-15)29(22(31)32-23(2,3)4)18-13-28(11-16-9-7-8-10-16)21(30)20-19(18)24-14-26(20)5;1-5-17(28)26-7-6-14(8-26)9-27-11-16(22-15-10-25(4)23-13(15)2)18-19(20(27)29)24(3)12-21-18/h12-14,16H,7-11H2,1-6H3;5,10-12,14,22H,1,6-9H2,2-4H3. The summed E-state index contributed by atoms with van der Waals surface area (Å²) >= 11 is 0. The van der Waals surface area contributed by atoms with Gasteiger partial charge in [0, 0.05) is 79.2 Å². The highest BCUT2D eigenvalue weighted by atomic mass is 16.6. The quantitative estimate of drug-likeness (QED) is 0.181. The monoisotopic (exact) mass is 835 g/mol. The lowest BCUT2D eigenvalue weighted by Crippen LogP contribution is -2.35. The van der Waals surface area contributed by atoms with Crippen molar-refractivity contribution < 1.29 is 14.3 Å². The molecule has 7 heterocycles. The zero-order valence-corrected chi connectivity index (χ0v) is 36.7. The van der Waals surface area contributed by atoms with E-state index < -0.39 is 11.7 Å². The smallest absolute Gasteiger partial charge is 0.419 e. The van der Waals surface area contributed by atoms with Gasteiger partial charge in [0.2, 0.25) is 5.91 Å². The Bertz CT molecular complexity index is 2730. The second-order valence-electron chi connectivity index (χ2n) is 17.4. The van der Waals surface area contributed by atoms with Crippen LogP contribution in [0.3, 0.4) is 0 Å². The topological polar surface area (TPSA) is 177 Å². The molecule has 2 fully saturated rings. The van der Waals surface area contributed by atoms with Crippen molar-refractivity contribution in [2.45, 2.75) is 85.4 Å². The van der Waals surface area contributed by atoms with Crippen LogP contribution in [0.5, 0.6) is 0 Å². The molecule has 2 aliphatic rings. The van der Waals surface area contributed by atoms with E-state index in [-0.39, 0.29) is 22.9 Å². The summed E-state index contributed by atoms with van der Waals surface area (Å²) < 4.78 is 16.1. The van der Waals surface area contributed by atoms with Crippen LogP contribution in [0.2, 0.25) is 0 Å². The van der Waals surface area contributed by atoms with Gasteiger partial charge in [-0.15, -0.1) is 0 Å². The fourth-order valence-corrected chi connectivity index (χ4v) is 8.46. The predicted octanol–water partition coefficient (Wildman–Crippen LogP) is 5.60. The third kappa shape index (κ3) is 8.88. The number of nitrogens with zero attached hydrogens (tertiary/aromatic N) is 12. The van der Waals surface area contributed by atoms with Gasteiger partial charge < -0.3 is 33.2 Å². The van der Waals surface area contributed by atoms with Crippen molar-refractivity contribution in [2.75, 3.05) is 23.3 Å². The molecule has 1 unspecified atom stereocenters. The third-order valence-electron chi connectivity index (χ3n) is 11.3. The van der Waals surface area contributed by atoms with E-state index in [1.165, 1.54) is 23.8 Å². The number of hydrogen-bond acceptors (Lipinski definition) is 10. The SMILES string of the molecule is C=CC(=O)N1CCC(Cn2cc(Nc3cn(C)nc3C)c3ncn(C)c3c2=O)C1.Cc1nn(C)cc1N(C(=O)OC(C)(C)C)c1cn(CC2CCCC2)c(=O)c2c1ncn2C.